The Morgan fingerprint density at radius 1 is 1.29 bits per heavy atom. The van der Waals surface area contributed by atoms with Gasteiger partial charge in [-0.05, 0) is 6.92 Å². The monoisotopic (exact) mass is 226 g/mol. The molecule has 3 aromatic rings. The average molecular weight is 226 g/mol. The van der Waals surface area contributed by atoms with Crippen molar-refractivity contribution in [2.24, 2.45) is 0 Å². The Hall–Kier alpha value is -2.82. The maximum atomic E-state index is 8.67. The zero-order chi connectivity index (χ0) is 11.8. The minimum absolute atomic E-state index is 0.0880. The number of fused-ring (bicyclic) bond motifs is 1. The van der Waals surface area contributed by atoms with E-state index in [-0.39, 0.29) is 5.82 Å². The quantitative estimate of drug-likeness (QED) is 0.574. The second kappa shape index (κ2) is 3.34. The van der Waals surface area contributed by atoms with Gasteiger partial charge in [0.25, 0.3) is 5.82 Å². The molecule has 0 unspecified atom stereocenters. The van der Waals surface area contributed by atoms with Gasteiger partial charge in [-0.25, -0.2) is 9.97 Å². The van der Waals surface area contributed by atoms with E-state index in [0.717, 1.165) is 5.82 Å². The summed E-state index contributed by atoms with van der Waals surface area (Å²) in [4.78, 5) is 7.98. The number of aromatic nitrogens is 7. The summed E-state index contributed by atoms with van der Waals surface area (Å²) >= 11 is 0. The Labute approximate surface area is 95.2 Å². The van der Waals surface area contributed by atoms with Crippen molar-refractivity contribution >= 4 is 5.65 Å². The van der Waals surface area contributed by atoms with Crippen LogP contribution in [0.2, 0.25) is 0 Å². The van der Waals surface area contributed by atoms with E-state index in [2.05, 4.69) is 25.3 Å². The molecule has 0 spiro atoms. The average Bonchev–Trinajstić information content (AvgIpc) is 2.96. The van der Waals surface area contributed by atoms with Crippen molar-refractivity contribution in [1.82, 2.24) is 34.3 Å². The number of hydrogen-bond acceptors (Lipinski definition) is 6. The van der Waals surface area contributed by atoms with Crippen molar-refractivity contribution in [3.63, 3.8) is 0 Å². The smallest absolute Gasteiger partial charge is 0.252 e. The predicted octanol–water partition coefficient (Wildman–Crippen LogP) is -0.115. The fraction of sp³-hybridized carbons (Fsp3) is 0.111. The fourth-order valence-corrected chi connectivity index (χ4v) is 1.51. The number of nitrogens with zero attached hydrogens (tertiary/aromatic N) is 8. The second-order valence-corrected chi connectivity index (χ2v) is 3.32. The lowest BCUT2D eigenvalue weighted by Gasteiger charge is -2.00. The highest BCUT2D eigenvalue weighted by atomic mass is 15.4. The van der Waals surface area contributed by atoms with Gasteiger partial charge < -0.3 is 0 Å². The van der Waals surface area contributed by atoms with Crippen LogP contribution in [-0.4, -0.2) is 34.3 Å². The molecule has 82 valence electrons. The lowest BCUT2D eigenvalue weighted by molar-refractivity contribution is 0.834. The molecule has 0 radical (unpaired) electrons. The zero-order valence-electron chi connectivity index (χ0n) is 8.81. The predicted molar refractivity (Wildman–Crippen MR) is 55.2 cm³/mol. The van der Waals surface area contributed by atoms with Crippen molar-refractivity contribution in [2.75, 3.05) is 0 Å². The molecule has 0 aliphatic rings. The first-order valence-electron chi connectivity index (χ1n) is 4.78. The van der Waals surface area contributed by atoms with Crippen molar-refractivity contribution in [3.8, 4) is 11.9 Å². The van der Waals surface area contributed by atoms with E-state index >= 15 is 0 Å². The molecule has 8 nitrogen and oxygen atoms in total. The van der Waals surface area contributed by atoms with Crippen molar-refractivity contribution in [1.29, 1.82) is 5.26 Å². The molecule has 0 N–H and O–H groups in total. The lowest BCUT2D eigenvalue weighted by Crippen LogP contribution is -2.02. The molecule has 8 heteroatoms. The Morgan fingerprint density at radius 2 is 2.18 bits per heavy atom. The largest absolute Gasteiger partial charge is 0.282 e. The van der Waals surface area contributed by atoms with E-state index in [0.29, 0.717) is 11.5 Å². The van der Waals surface area contributed by atoms with Gasteiger partial charge in [-0.15, -0.1) is 15.3 Å². The Bertz CT molecular complexity index is 731. The van der Waals surface area contributed by atoms with Gasteiger partial charge in [0.15, 0.2) is 0 Å². The maximum Gasteiger partial charge on any atom is 0.252 e. The Kier molecular flexibility index (Phi) is 1.85. The number of aryl methyl sites for hydroxylation is 1. The van der Waals surface area contributed by atoms with Crippen LogP contribution in [0, 0.1) is 18.3 Å². The van der Waals surface area contributed by atoms with Crippen LogP contribution >= 0.6 is 0 Å². The molecule has 0 aromatic carbocycles. The van der Waals surface area contributed by atoms with Crippen LogP contribution in [0.25, 0.3) is 11.5 Å². The van der Waals surface area contributed by atoms with E-state index in [4.69, 9.17) is 5.26 Å². The lowest BCUT2D eigenvalue weighted by atomic mass is 10.6. The SMILES string of the molecule is Cc1nnc2c(-n3cnc(C#N)n3)nccn12. The summed E-state index contributed by atoms with van der Waals surface area (Å²) in [5.41, 5.74) is 0.569. The molecule has 0 saturated heterocycles. The van der Waals surface area contributed by atoms with Gasteiger partial charge >= 0.3 is 0 Å². The van der Waals surface area contributed by atoms with Gasteiger partial charge in [0, 0.05) is 12.4 Å². The van der Waals surface area contributed by atoms with Crippen LogP contribution in [0.1, 0.15) is 11.6 Å². The molecule has 0 aliphatic carbocycles. The highest BCUT2D eigenvalue weighted by molar-refractivity contribution is 5.53. The molecule has 0 atom stereocenters. The first-order valence-corrected chi connectivity index (χ1v) is 4.78. The van der Waals surface area contributed by atoms with E-state index in [1.807, 2.05) is 13.0 Å². The number of rotatable bonds is 1. The summed E-state index contributed by atoms with van der Waals surface area (Å²) in [6.07, 6.45) is 4.80. The standard InChI is InChI=1S/C9H6N8/c1-6-13-14-9-8(11-2-3-16(6)9)17-5-12-7(4-10)15-17/h2-3,5H,1H3. The summed E-state index contributed by atoms with van der Waals surface area (Å²) in [7, 11) is 0. The summed E-state index contributed by atoms with van der Waals surface area (Å²) in [6.45, 7) is 1.84. The number of nitriles is 1. The molecule has 17 heavy (non-hydrogen) atoms. The van der Waals surface area contributed by atoms with Crippen molar-refractivity contribution in [2.45, 2.75) is 6.92 Å². The molecular formula is C9H6N8. The van der Waals surface area contributed by atoms with Gasteiger partial charge in [0.2, 0.25) is 11.5 Å². The summed E-state index contributed by atoms with van der Waals surface area (Å²) in [5.74, 6) is 1.33. The van der Waals surface area contributed by atoms with Gasteiger partial charge in [-0.2, -0.15) is 9.94 Å². The summed E-state index contributed by atoms with van der Waals surface area (Å²) < 4.78 is 3.19. The molecule has 3 rings (SSSR count). The van der Waals surface area contributed by atoms with Crippen molar-refractivity contribution in [3.05, 3.63) is 30.4 Å². The van der Waals surface area contributed by atoms with E-state index < -0.39 is 0 Å². The molecule has 0 fully saturated rings. The maximum absolute atomic E-state index is 8.67. The fourth-order valence-electron chi connectivity index (χ4n) is 1.51. The highest BCUT2D eigenvalue weighted by Crippen LogP contribution is 2.10. The van der Waals surface area contributed by atoms with Gasteiger partial charge in [0.1, 0.15) is 18.2 Å². The molecule has 3 heterocycles. The van der Waals surface area contributed by atoms with Crippen molar-refractivity contribution < 1.29 is 0 Å². The normalized spacial score (nSPS) is 10.6. The molecule has 0 saturated carbocycles. The van der Waals surface area contributed by atoms with Gasteiger partial charge in [-0.3, -0.25) is 4.40 Å². The van der Waals surface area contributed by atoms with Crippen LogP contribution in [-0.2, 0) is 0 Å². The third-order valence-corrected chi connectivity index (χ3v) is 2.29. The minimum Gasteiger partial charge on any atom is -0.282 e. The van der Waals surface area contributed by atoms with E-state index in [1.54, 1.807) is 16.8 Å². The van der Waals surface area contributed by atoms with E-state index in [9.17, 15) is 0 Å². The first kappa shape index (κ1) is 9.41. The third-order valence-electron chi connectivity index (χ3n) is 2.29. The van der Waals surface area contributed by atoms with Crippen LogP contribution in [0.5, 0.6) is 0 Å². The zero-order valence-corrected chi connectivity index (χ0v) is 8.81. The Morgan fingerprint density at radius 3 is 2.94 bits per heavy atom. The van der Waals surface area contributed by atoms with Crippen LogP contribution in [0.3, 0.4) is 0 Å². The van der Waals surface area contributed by atoms with Gasteiger partial charge in [0.05, 0.1) is 0 Å². The molecule has 3 aromatic heterocycles. The molecular weight excluding hydrogens is 220 g/mol. The highest BCUT2D eigenvalue weighted by Gasteiger charge is 2.11. The molecule has 0 bridgehead atoms. The van der Waals surface area contributed by atoms with Crippen LogP contribution < -0.4 is 0 Å². The first-order chi connectivity index (χ1) is 8.29. The van der Waals surface area contributed by atoms with Crippen LogP contribution in [0.4, 0.5) is 0 Å². The third kappa shape index (κ3) is 1.33. The van der Waals surface area contributed by atoms with Crippen LogP contribution in [0.15, 0.2) is 18.7 Å². The molecule has 0 aliphatic heterocycles. The summed E-state index contributed by atoms with van der Waals surface area (Å²) in [5, 5.41) is 20.6. The minimum atomic E-state index is 0.0880. The van der Waals surface area contributed by atoms with Gasteiger partial charge in [-0.1, -0.05) is 0 Å². The summed E-state index contributed by atoms with van der Waals surface area (Å²) in [6, 6.07) is 1.86. The molecule has 0 amide bonds. The second-order valence-electron chi connectivity index (χ2n) is 3.32. The Balaban J connectivity index is 2.27. The topological polar surface area (TPSA) is 97.6 Å². The number of hydrogen-bond donors (Lipinski definition) is 0. The van der Waals surface area contributed by atoms with E-state index in [1.165, 1.54) is 11.0 Å².